The van der Waals surface area contributed by atoms with Crippen molar-refractivity contribution in [3.05, 3.63) is 71.3 Å². The lowest BCUT2D eigenvalue weighted by Crippen LogP contribution is -2.44. The van der Waals surface area contributed by atoms with Crippen LogP contribution in [0.5, 0.6) is 0 Å². The lowest BCUT2D eigenvalue weighted by Gasteiger charge is -2.32. The first-order valence-electron chi connectivity index (χ1n) is 12.1. The van der Waals surface area contributed by atoms with Crippen molar-refractivity contribution in [1.29, 1.82) is 0 Å². The highest BCUT2D eigenvalue weighted by Crippen LogP contribution is 2.25. The summed E-state index contributed by atoms with van der Waals surface area (Å²) in [6, 6.07) is 18.6. The van der Waals surface area contributed by atoms with Crippen LogP contribution in [0.2, 0.25) is 0 Å². The van der Waals surface area contributed by atoms with Gasteiger partial charge in [-0.2, -0.15) is 0 Å². The van der Waals surface area contributed by atoms with Crippen molar-refractivity contribution in [2.75, 3.05) is 32.7 Å². The van der Waals surface area contributed by atoms with Crippen molar-refractivity contribution in [2.45, 2.75) is 45.3 Å². The van der Waals surface area contributed by atoms with Crippen molar-refractivity contribution in [2.24, 2.45) is 5.92 Å². The van der Waals surface area contributed by atoms with Gasteiger partial charge in [-0.3, -0.25) is 9.69 Å². The highest BCUT2D eigenvalue weighted by atomic mass is 16.6. The first-order chi connectivity index (χ1) is 16.1. The molecule has 33 heavy (non-hydrogen) atoms. The molecule has 6 heteroatoms. The Kier molecular flexibility index (Phi) is 8.00. The Hall–Kier alpha value is -2.86. The van der Waals surface area contributed by atoms with E-state index in [1.54, 1.807) is 4.90 Å². The molecule has 0 spiro atoms. The summed E-state index contributed by atoms with van der Waals surface area (Å²) >= 11 is 0. The van der Waals surface area contributed by atoms with Crippen molar-refractivity contribution < 1.29 is 14.3 Å². The van der Waals surface area contributed by atoms with Crippen LogP contribution in [0.15, 0.2) is 54.6 Å². The Balaban J connectivity index is 1.24. The molecule has 0 radical (unpaired) electrons. The average molecular weight is 450 g/mol. The first kappa shape index (κ1) is 23.3. The van der Waals surface area contributed by atoms with Gasteiger partial charge in [-0.25, -0.2) is 4.79 Å². The van der Waals surface area contributed by atoms with Crippen LogP contribution in [-0.2, 0) is 16.1 Å². The lowest BCUT2D eigenvalue weighted by molar-refractivity contribution is -0.126. The quantitative estimate of drug-likeness (QED) is 0.685. The fourth-order valence-corrected chi connectivity index (χ4v) is 4.78. The highest BCUT2D eigenvalue weighted by Gasteiger charge is 2.29. The van der Waals surface area contributed by atoms with E-state index in [1.807, 2.05) is 30.3 Å². The Bertz CT molecular complexity index is 902. The van der Waals surface area contributed by atoms with E-state index in [-0.39, 0.29) is 30.6 Å². The molecule has 2 aliphatic rings. The van der Waals surface area contributed by atoms with Crippen LogP contribution in [0.4, 0.5) is 4.79 Å². The maximum Gasteiger partial charge on any atom is 0.410 e. The number of likely N-dealkylation sites (tertiary alicyclic amines) is 2. The van der Waals surface area contributed by atoms with Crippen molar-refractivity contribution in [3.8, 4) is 0 Å². The molecule has 1 atom stereocenters. The highest BCUT2D eigenvalue weighted by molar-refractivity contribution is 5.79. The average Bonchev–Trinajstić information content (AvgIpc) is 3.39. The second-order valence-corrected chi connectivity index (χ2v) is 9.22. The summed E-state index contributed by atoms with van der Waals surface area (Å²) in [6.07, 6.45) is 3.48. The van der Waals surface area contributed by atoms with Gasteiger partial charge in [0.15, 0.2) is 0 Å². The van der Waals surface area contributed by atoms with Gasteiger partial charge in [-0.05, 0) is 56.8 Å². The molecule has 176 valence electrons. The van der Waals surface area contributed by atoms with E-state index in [2.05, 4.69) is 41.4 Å². The van der Waals surface area contributed by atoms with E-state index >= 15 is 0 Å². The molecule has 0 saturated carbocycles. The summed E-state index contributed by atoms with van der Waals surface area (Å²) in [5.41, 5.74) is 3.48. The molecule has 2 fully saturated rings. The van der Waals surface area contributed by atoms with Crippen LogP contribution in [0.1, 0.15) is 48.4 Å². The number of amides is 2. The lowest BCUT2D eigenvalue weighted by atomic mass is 9.95. The fraction of sp³-hybridized carbons (Fsp3) is 0.481. The Morgan fingerprint density at radius 3 is 2.30 bits per heavy atom. The number of ether oxygens (including phenoxy) is 1. The van der Waals surface area contributed by atoms with Crippen molar-refractivity contribution in [1.82, 2.24) is 15.1 Å². The minimum Gasteiger partial charge on any atom is -0.445 e. The molecule has 2 aromatic rings. The number of carbonyl (C=O) groups is 2. The molecule has 1 N–H and O–H groups in total. The van der Waals surface area contributed by atoms with Crippen LogP contribution in [0.25, 0.3) is 0 Å². The van der Waals surface area contributed by atoms with Crippen molar-refractivity contribution >= 4 is 12.0 Å². The van der Waals surface area contributed by atoms with Crippen LogP contribution in [0, 0.1) is 12.8 Å². The number of rotatable bonds is 7. The van der Waals surface area contributed by atoms with Gasteiger partial charge in [-0.15, -0.1) is 0 Å². The van der Waals surface area contributed by atoms with E-state index in [0.29, 0.717) is 32.5 Å². The SMILES string of the molecule is Cc1ccc(C(CNC(=O)C2CCN(C(=O)OCc3ccccc3)CC2)N2CCCC2)cc1. The smallest absolute Gasteiger partial charge is 0.410 e. The molecule has 2 heterocycles. The number of carbonyl (C=O) groups excluding carboxylic acids is 2. The third-order valence-electron chi connectivity index (χ3n) is 6.84. The Morgan fingerprint density at radius 2 is 1.64 bits per heavy atom. The van der Waals surface area contributed by atoms with Crippen LogP contribution in [-0.4, -0.2) is 54.5 Å². The number of hydrogen-bond donors (Lipinski definition) is 1. The first-order valence-corrected chi connectivity index (χ1v) is 12.1. The standard InChI is InChI=1S/C27H35N3O3/c1-21-9-11-23(12-10-21)25(29-15-5-6-16-29)19-28-26(31)24-13-17-30(18-14-24)27(32)33-20-22-7-3-2-4-8-22/h2-4,7-12,24-25H,5-6,13-20H2,1H3,(H,28,31). The zero-order valence-corrected chi connectivity index (χ0v) is 19.5. The van der Waals surface area contributed by atoms with E-state index in [0.717, 1.165) is 18.7 Å². The summed E-state index contributed by atoms with van der Waals surface area (Å²) in [5.74, 6) is 0.0454. The number of hydrogen-bond acceptors (Lipinski definition) is 4. The molecule has 0 aliphatic carbocycles. The van der Waals surface area contributed by atoms with Crippen molar-refractivity contribution in [3.63, 3.8) is 0 Å². The van der Waals surface area contributed by atoms with E-state index < -0.39 is 0 Å². The van der Waals surface area contributed by atoms with Gasteiger partial charge in [0.1, 0.15) is 6.61 Å². The molecule has 0 aromatic heterocycles. The normalized spacial score (nSPS) is 18.2. The van der Waals surface area contributed by atoms with Crippen LogP contribution >= 0.6 is 0 Å². The molecule has 1 unspecified atom stereocenters. The third-order valence-corrected chi connectivity index (χ3v) is 6.84. The number of aryl methyl sites for hydroxylation is 1. The summed E-state index contributed by atoms with van der Waals surface area (Å²) in [4.78, 5) is 29.5. The maximum absolute atomic E-state index is 12.9. The van der Waals surface area contributed by atoms with Gasteiger partial charge in [-0.1, -0.05) is 60.2 Å². The second-order valence-electron chi connectivity index (χ2n) is 9.22. The second kappa shape index (κ2) is 11.3. The van der Waals surface area contributed by atoms with Crippen LogP contribution < -0.4 is 5.32 Å². The summed E-state index contributed by atoms with van der Waals surface area (Å²) < 4.78 is 5.44. The Labute approximate surface area is 196 Å². The summed E-state index contributed by atoms with van der Waals surface area (Å²) in [5, 5.41) is 3.22. The fourth-order valence-electron chi connectivity index (χ4n) is 4.78. The minimum absolute atomic E-state index is 0.0552. The number of benzene rings is 2. The zero-order valence-electron chi connectivity index (χ0n) is 19.5. The molecular formula is C27H35N3O3. The summed E-state index contributed by atoms with van der Waals surface area (Å²) in [6.45, 7) is 6.27. The van der Waals surface area contributed by atoms with Gasteiger partial charge in [0, 0.05) is 25.6 Å². The molecule has 2 amide bonds. The predicted octanol–water partition coefficient (Wildman–Crippen LogP) is 4.30. The monoisotopic (exact) mass is 449 g/mol. The van der Waals surface area contributed by atoms with Gasteiger partial charge in [0.05, 0.1) is 6.04 Å². The minimum atomic E-state index is -0.300. The van der Waals surface area contributed by atoms with E-state index in [4.69, 9.17) is 4.74 Å². The zero-order chi connectivity index (χ0) is 23.0. The molecule has 2 saturated heterocycles. The molecule has 2 aromatic carbocycles. The van der Waals surface area contributed by atoms with E-state index in [1.165, 1.54) is 24.0 Å². The maximum atomic E-state index is 12.9. The topological polar surface area (TPSA) is 61.9 Å². The van der Waals surface area contributed by atoms with Gasteiger partial charge in [0.25, 0.3) is 0 Å². The third kappa shape index (κ3) is 6.35. The van der Waals surface area contributed by atoms with Gasteiger partial charge < -0.3 is 15.0 Å². The van der Waals surface area contributed by atoms with Gasteiger partial charge in [0.2, 0.25) is 5.91 Å². The molecule has 2 aliphatic heterocycles. The molecule has 4 rings (SSSR count). The number of nitrogens with one attached hydrogen (secondary N) is 1. The van der Waals surface area contributed by atoms with Gasteiger partial charge >= 0.3 is 6.09 Å². The Morgan fingerprint density at radius 1 is 0.970 bits per heavy atom. The molecule has 0 bridgehead atoms. The number of piperidine rings is 1. The summed E-state index contributed by atoms with van der Waals surface area (Å²) in [7, 11) is 0. The number of nitrogens with zero attached hydrogens (tertiary/aromatic N) is 2. The molecular weight excluding hydrogens is 414 g/mol. The predicted molar refractivity (Wildman–Crippen MR) is 129 cm³/mol. The molecule has 6 nitrogen and oxygen atoms in total. The van der Waals surface area contributed by atoms with E-state index in [9.17, 15) is 9.59 Å². The largest absolute Gasteiger partial charge is 0.445 e. The van der Waals surface area contributed by atoms with Crippen LogP contribution in [0.3, 0.4) is 0 Å².